The van der Waals surface area contributed by atoms with Gasteiger partial charge >= 0.3 is 5.97 Å². The predicted octanol–water partition coefficient (Wildman–Crippen LogP) is 6.58. The maximum Gasteiger partial charge on any atom is 0.339 e. The van der Waals surface area contributed by atoms with Crippen LogP contribution in [0, 0.1) is 0 Å². The molecule has 0 aromatic heterocycles. The molecule has 0 bridgehead atoms. The lowest BCUT2D eigenvalue weighted by Crippen LogP contribution is -2.17. The first kappa shape index (κ1) is 22.3. The van der Waals surface area contributed by atoms with Crippen molar-refractivity contribution in [2.24, 2.45) is 0 Å². The Morgan fingerprint density at radius 2 is 1.74 bits per heavy atom. The Morgan fingerprint density at radius 3 is 2.37 bits per heavy atom. The Kier molecular flexibility index (Phi) is 8.71. The summed E-state index contributed by atoms with van der Waals surface area (Å²) in [5, 5.41) is 1.72. The van der Waals surface area contributed by atoms with Crippen LogP contribution in [-0.2, 0) is 4.74 Å². The Morgan fingerprint density at radius 1 is 1.00 bits per heavy atom. The molecule has 0 spiro atoms. The molecular formula is C20H21Cl4NO2. The molecule has 0 aliphatic carbocycles. The molecule has 0 saturated heterocycles. The lowest BCUT2D eigenvalue weighted by Gasteiger charge is -2.19. The minimum absolute atomic E-state index is 0.00902. The van der Waals surface area contributed by atoms with Crippen molar-refractivity contribution in [1.82, 2.24) is 4.90 Å². The van der Waals surface area contributed by atoms with Crippen LogP contribution in [0.5, 0.6) is 0 Å². The summed E-state index contributed by atoms with van der Waals surface area (Å²) in [4.78, 5) is 14.5. The van der Waals surface area contributed by atoms with Crippen molar-refractivity contribution < 1.29 is 9.53 Å². The summed E-state index contributed by atoms with van der Waals surface area (Å²) < 4.78 is 5.54. The van der Waals surface area contributed by atoms with Crippen molar-refractivity contribution >= 4 is 52.4 Å². The number of esters is 1. The van der Waals surface area contributed by atoms with Crippen molar-refractivity contribution in [1.29, 1.82) is 0 Å². The van der Waals surface area contributed by atoms with Gasteiger partial charge in [0.15, 0.2) is 0 Å². The lowest BCUT2D eigenvalue weighted by atomic mass is 9.95. The highest BCUT2D eigenvalue weighted by Crippen LogP contribution is 2.30. The summed E-state index contributed by atoms with van der Waals surface area (Å²) in [6.45, 7) is 1.16. The Hall–Kier alpha value is -0.970. The molecule has 0 aliphatic heterocycles. The molecule has 0 aliphatic rings. The molecule has 7 heteroatoms. The second-order valence-electron chi connectivity index (χ2n) is 6.54. The number of benzene rings is 2. The molecule has 0 fully saturated rings. The van der Waals surface area contributed by atoms with Gasteiger partial charge in [-0.3, -0.25) is 0 Å². The van der Waals surface area contributed by atoms with Crippen molar-refractivity contribution in [2.45, 2.75) is 18.8 Å². The maximum atomic E-state index is 12.4. The van der Waals surface area contributed by atoms with Gasteiger partial charge in [0, 0.05) is 10.9 Å². The molecule has 3 nitrogen and oxygen atoms in total. The van der Waals surface area contributed by atoms with Crippen molar-refractivity contribution in [2.75, 3.05) is 27.2 Å². The van der Waals surface area contributed by atoms with Gasteiger partial charge in [-0.15, -0.1) is 0 Å². The third-order valence-corrected chi connectivity index (χ3v) is 5.43. The van der Waals surface area contributed by atoms with Crippen LogP contribution in [0.25, 0.3) is 0 Å². The summed E-state index contributed by atoms with van der Waals surface area (Å²) >= 11 is 24.1. The first-order valence-electron chi connectivity index (χ1n) is 8.49. The molecule has 1 atom stereocenters. The topological polar surface area (TPSA) is 29.5 Å². The largest absolute Gasteiger partial charge is 0.461 e. The highest BCUT2D eigenvalue weighted by Gasteiger charge is 2.18. The second kappa shape index (κ2) is 10.5. The summed E-state index contributed by atoms with van der Waals surface area (Å²) in [5.41, 5.74) is 1.28. The van der Waals surface area contributed by atoms with Gasteiger partial charge in [-0.1, -0.05) is 52.5 Å². The van der Waals surface area contributed by atoms with E-state index in [1.54, 1.807) is 18.2 Å². The van der Waals surface area contributed by atoms with Crippen molar-refractivity contribution in [3.8, 4) is 0 Å². The van der Waals surface area contributed by atoms with Gasteiger partial charge in [0.2, 0.25) is 0 Å². The summed E-state index contributed by atoms with van der Waals surface area (Å²) in [5.74, 6) is -0.468. The number of nitrogens with zero attached hydrogens (tertiary/aromatic N) is 1. The van der Waals surface area contributed by atoms with Gasteiger partial charge in [0.25, 0.3) is 0 Å². The molecule has 2 aromatic carbocycles. The van der Waals surface area contributed by atoms with E-state index < -0.39 is 5.97 Å². The Labute approximate surface area is 180 Å². The van der Waals surface area contributed by atoms with Crippen LogP contribution in [0.4, 0.5) is 0 Å². The van der Waals surface area contributed by atoms with E-state index in [0.29, 0.717) is 20.6 Å². The average molecular weight is 449 g/mol. The normalized spacial score (nSPS) is 12.3. The van der Waals surface area contributed by atoms with E-state index in [2.05, 4.69) is 4.90 Å². The molecule has 2 aromatic rings. The molecular weight excluding hydrogens is 428 g/mol. The second-order valence-corrected chi connectivity index (χ2v) is 8.20. The molecule has 27 heavy (non-hydrogen) atoms. The first-order chi connectivity index (χ1) is 12.8. The number of hydrogen-bond donors (Lipinski definition) is 0. The number of rotatable bonds is 8. The Bertz CT molecular complexity index is 796. The zero-order chi connectivity index (χ0) is 20.0. The quantitative estimate of drug-likeness (QED) is 0.427. The van der Waals surface area contributed by atoms with E-state index in [-0.39, 0.29) is 17.5 Å². The number of carbonyl (C=O) groups is 1. The van der Waals surface area contributed by atoms with E-state index in [1.165, 1.54) is 6.07 Å². The molecule has 0 radical (unpaired) electrons. The highest BCUT2D eigenvalue weighted by atomic mass is 35.5. The van der Waals surface area contributed by atoms with Crippen LogP contribution < -0.4 is 0 Å². The third-order valence-electron chi connectivity index (χ3n) is 4.14. The van der Waals surface area contributed by atoms with Crippen LogP contribution in [0.1, 0.15) is 34.7 Å². The lowest BCUT2D eigenvalue weighted by molar-refractivity contribution is 0.0474. The standard InChI is InChI=1S/C20H21Cl4NO2/c1-25(2)9-3-4-14(13-5-8-17(22)19(24)10-13)12-27-20(26)16-7-6-15(21)11-18(16)23/h5-8,10-11,14H,3-4,9,12H2,1-2H3. The fraction of sp³-hybridized carbons (Fsp3) is 0.350. The van der Waals surface area contributed by atoms with Crippen LogP contribution in [0.3, 0.4) is 0 Å². The summed E-state index contributed by atoms with van der Waals surface area (Å²) in [6.07, 6.45) is 1.80. The third kappa shape index (κ3) is 6.85. The molecule has 0 amide bonds. The maximum absolute atomic E-state index is 12.4. The minimum Gasteiger partial charge on any atom is -0.461 e. The number of halogens is 4. The molecule has 1 unspecified atom stereocenters. The fourth-order valence-corrected chi connectivity index (χ4v) is 3.47. The molecule has 0 N–H and O–H groups in total. The zero-order valence-electron chi connectivity index (χ0n) is 15.1. The van der Waals surface area contributed by atoms with Crippen LogP contribution in [0.2, 0.25) is 20.1 Å². The monoisotopic (exact) mass is 447 g/mol. The van der Waals surface area contributed by atoms with Crippen molar-refractivity contribution in [3.63, 3.8) is 0 Å². The van der Waals surface area contributed by atoms with Gasteiger partial charge in [0.05, 0.1) is 27.2 Å². The fourth-order valence-electron chi connectivity index (χ4n) is 2.68. The first-order valence-corrected chi connectivity index (χ1v) is 10.0. The van der Waals surface area contributed by atoms with Crippen LogP contribution in [0.15, 0.2) is 36.4 Å². The molecule has 0 saturated carbocycles. The van der Waals surface area contributed by atoms with Crippen LogP contribution in [-0.4, -0.2) is 38.1 Å². The van der Waals surface area contributed by atoms with Crippen LogP contribution >= 0.6 is 46.4 Å². The van der Waals surface area contributed by atoms with Crippen molar-refractivity contribution in [3.05, 3.63) is 67.6 Å². The zero-order valence-corrected chi connectivity index (χ0v) is 18.2. The van der Waals surface area contributed by atoms with Gasteiger partial charge in [0.1, 0.15) is 0 Å². The van der Waals surface area contributed by atoms with Gasteiger partial charge in [-0.05, 0) is 69.4 Å². The van der Waals surface area contributed by atoms with E-state index in [0.717, 1.165) is 24.9 Å². The minimum atomic E-state index is -0.477. The highest BCUT2D eigenvalue weighted by molar-refractivity contribution is 6.42. The summed E-state index contributed by atoms with van der Waals surface area (Å²) in [6, 6.07) is 10.2. The summed E-state index contributed by atoms with van der Waals surface area (Å²) in [7, 11) is 4.05. The Balaban J connectivity index is 2.10. The number of hydrogen-bond acceptors (Lipinski definition) is 3. The number of carbonyl (C=O) groups excluding carboxylic acids is 1. The van der Waals surface area contributed by atoms with E-state index >= 15 is 0 Å². The number of ether oxygens (including phenoxy) is 1. The van der Waals surface area contributed by atoms with E-state index in [9.17, 15) is 4.79 Å². The van der Waals surface area contributed by atoms with Gasteiger partial charge in [-0.2, -0.15) is 0 Å². The smallest absolute Gasteiger partial charge is 0.339 e. The molecule has 0 heterocycles. The van der Waals surface area contributed by atoms with Gasteiger partial charge < -0.3 is 9.64 Å². The van der Waals surface area contributed by atoms with Gasteiger partial charge in [-0.25, -0.2) is 4.79 Å². The van der Waals surface area contributed by atoms with E-state index in [1.807, 2.05) is 26.2 Å². The predicted molar refractivity (Wildman–Crippen MR) is 114 cm³/mol. The molecule has 2 rings (SSSR count). The van der Waals surface area contributed by atoms with E-state index in [4.69, 9.17) is 51.1 Å². The SMILES string of the molecule is CN(C)CCCC(COC(=O)c1ccc(Cl)cc1Cl)c1ccc(Cl)c(Cl)c1. The average Bonchev–Trinajstić information content (AvgIpc) is 2.60. The molecule has 146 valence electrons.